The maximum Gasteiger partial charge on any atom is 0.319 e. The molecule has 0 unspecified atom stereocenters. The third-order valence-electron chi connectivity index (χ3n) is 6.29. The first-order valence-corrected chi connectivity index (χ1v) is 13.2. The number of amides is 3. The van der Waals surface area contributed by atoms with Crippen LogP contribution in [0, 0.1) is 5.92 Å². The van der Waals surface area contributed by atoms with Gasteiger partial charge < -0.3 is 25.4 Å². The number of aliphatic hydroxyl groups is 1. The fourth-order valence-electron chi connectivity index (χ4n) is 4.30. The number of ether oxygens (including phenoxy) is 1. The Hall–Kier alpha value is -2.52. The van der Waals surface area contributed by atoms with Gasteiger partial charge in [-0.3, -0.25) is 9.69 Å². The molecule has 1 aliphatic rings. The zero-order valence-electron chi connectivity index (χ0n) is 21.9. The Bertz CT molecular complexity index is 1110. The lowest BCUT2D eigenvalue weighted by Gasteiger charge is -2.38. The van der Waals surface area contributed by atoms with Crippen LogP contribution in [0.1, 0.15) is 43.6 Å². The molecule has 0 spiro atoms. The largest absolute Gasteiger partial charge is 0.486 e. The predicted molar refractivity (Wildman–Crippen MR) is 148 cm³/mol. The van der Waals surface area contributed by atoms with Crippen molar-refractivity contribution in [1.29, 1.82) is 0 Å². The van der Waals surface area contributed by atoms with Crippen LogP contribution in [0.3, 0.4) is 0 Å². The van der Waals surface area contributed by atoms with E-state index < -0.39 is 0 Å². The molecule has 0 radical (unpaired) electrons. The molecular weight excluding hydrogens is 515 g/mol. The number of benzene rings is 2. The van der Waals surface area contributed by atoms with Crippen molar-refractivity contribution in [3.63, 3.8) is 0 Å². The van der Waals surface area contributed by atoms with Crippen molar-refractivity contribution in [2.75, 3.05) is 32.1 Å². The molecule has 1 aliphatic heterocycles. The standard InChI is InChI=1S/C27H36Cl2N4O4/c1-16(2)30-27(36)31-23-8-6-7-20-25(23)37-24(17(3)12-33(26(20)35)18(4)15-34)14-32(5)13-19-9-10-21(28)22(29)11-19/h6-11,16-18,24,34H,12-15H2,1-5H3,(H2,30,31,36)/t17-,18-,24-/m1/s1. The van der Waals surface area contributed by atoms with Crippen molar-refractivity contribution < 1.29 is 19.4 Å². The summed E-state index contributed by atoms with van der Waals surface area (Å²) in [6, 6.07) is 9.84. The maximum absolute atomic E-state index is 13.6. The predicted octanol–water partition coefficient (Wildman–Crippen LogP) is 4.88. The molecule has 0 saturated heterocycles. The van der Waals surface area contributed by atoms with Crippen molar-refractivity contribution in [2.45, 2.75) is 52.4 Å². The summed E-state index contributed by atoms with van der Waals surface area (Å²) < 4.78 is 6.53. The van der Waals surface area contributed by atoms with E-state index in [1.54, 1.807) is 29.2 Å². The summed E-state index contributed by atoms with van der Waals surface area (Å²) in [5, 5.41) is 16.5. The molecule has 3 amide bonds. The van der Waals surface area contributed by atoms with E-state index in [0.29, 0.717) is 46.7 Å². The van der Waals surface area contributed by atoms with Gasteiger partial charge in [0.1, 0.15) is 6.10 Å². The van der Waals surface area contributed by atoms with Gasteiger partial charge in [0.05, 0.1) is 33.9 Å². The Morgan fingerprint density at radius 3 is 2.59 bits per heavy atom. The number of fused-ring (bicyclic) bond motifs is 1. The van der Waals surface area contributed by atoms with Gasteiger partial charge in [-0.15, -0.1) is 0 Å². The minimum Gasteiger partial charge on any atom is -0.486 e. The number of aliphatic hydroxyl groups excluding tert-OH is 1. The van der Waals surface area contributed by atoms with E-state index in [0.717, 1.165) is 5.56 Å². The lowest BCUT2D eigenvalue weighted by molar-refractivity contribution is 0.0343. The molecule has 0 aliphatic carbocycles. The fourth-order valence-corrected chi connectivity index (χ4v) is 4.62. The number of hydrogen-bond donors (Lipinski definition) is 3. The molecule has 1 heterocycles. The Kier molecular flexibility index (Phi) is 10.1. The molecular formula is C27H36Cl2N4O4. The van der Waals surface area contributed by atoms with E-state index in [4.69, 9.17) is 27.9 Å². The third-order valence-corrected chi connectivity index (χ3v) is 7.03. The van der Waals surface area contributed by atoms with Crippen LogP contribution in [0.4, 0.5) is 10.5 Å². The van der Waals surface area contributed by atoms with Crippen molar-refractivity contribution in [3.8, 4) is 5.75 Å². The highest BCUT2D eigenvalue weighted by Crippen LogP contribution is 2.35. The molecule has 0 aromatic heterocycles. The minimum atomic E-state index is -0.386. The molecule has 202 valence electrons. The van der Waals surface area contributed by atoms with Crippen molar-refractivity contribution in [2.24, 2.45) is 5.92 Å². The number of nitrogens with one attached hydrogen (secondary N) is 2. The average Bonchev–Trinajstić information content (AvgIpc) is 2.83. The summed E-state index contributed by atoms with van der Waals surface area (Å²) >= 11 is 12.3. The fraction of sp³-hybridized carbons (Fsp3) is 0.481. The topological polar surface area (TPSA) is 94.1 Å². The van der Waals surface area contributed by atoms with Crippen LogP contribution in [0.15, 0.2) is 36.4 Å². The normalized spacial score (nSPS) is 18.6. The van der Waals surface area contributed by atoms with Gasteiger partial charge in [-0.05, 0) is 57.6 Å². The Labute approximate surface area is 228 Å². The van der Waals surface area contributed by atoms with Crippen molar-refractivity contribution in [1.82, 2.24) is 15.1 Å². The number of likely N-dealkylation sites (N-methyl/N-ethyl adjacent to an activating group) is 1. The first-order chi connectivity index (χ1) is 17.5. The number of urea groups is 1. The summed E-state index contributed by atoms with van der Waals surface area (Å²) in [7, 11) is 1.98. The van der Waals surface area contributed by atoms with Crippen molar-refractivity contribution >= 4 is 40.8 Å². The van der Waals surface area contributed by atoms with Gasteiger partial charge in [0, 0.05) is 31.6 Å². The number of halogens is 2. The molecule has 3 N–H and O–H groups in total. The SMILES string of the molecule is CC(C)NC(=O)Nc1cccc2c1O[C@H](CN(C)Cc1ccc(Cl)c(Cl)c1)[C@H](C)CN([C@H](C)CO)C2=O. The lowest BCUT2D eigenvalue weighted by Crippen LogP contribution is -2.49. The molecule has 0 saturated carbocycles. The molecule has 8 nitrogen and oxygen atoms in total. The molecule has 3 atom stereocenters. The molecule has 2 aromatic rings. The second-order valence-corrected chi connectivity index (χ2v) is 10.8. The van der Waals surface area contributed by atoms with Crippen molar-refractivity contribution in [3.05, 3.63) is 57.6 Å². The van der Waals surface area contributed by atoms with Gasteiger partial charge in [0.2, 0.25) is 0 Å². The first kappa shape index (κ1) is 29.0. The Balaban J connectivity index is 1.94. The maximum atomic E-state index is 13.6. The van der Waals surface area contributed by atoms with Gasteiger partial charge in [-0.2, -0.15) is 0 Å². The average molecular weight is 552 g/mol. The monoisotopic (exact) mass is 550 g/mol. The number of carbonyl (C=O) groups is 2. The van der Waals surface area contributed by atoms with Crippen LogP contribution in [0.2, 0.25) is 10.0 Å². The highest BCUT2D eigenvalue weighted by Gasteiger charge is 2.34. The van der Waals surface area contributed by atoms with Crippen LogP contribution in [0.25, 0.3) is 0 Å². The van der Waals surface area contributed by atoms with E-state index in [-0.39, 0.29) is 42.7 Å². The van der Waals surface area contributed by atoms with Crippen LogP contribution in [-0.2, 0) is 6.54 Å². The summed E-state index contributed by atoms with van der Waals surface area (Å²) in [6.45, 7) is 8.98. The van der Waals surface area contributed by atoms with Gasteiger partial charge in [-0.1, -0.05) is 42.3 Å². The van der Waals surface area contributed by atoms with Crippen LogP contribution in [-0.4, -0.2) is 71.8 Å². The lowest BCUT2D eigenvalue weighted by atomic mass is 9.99. The van der Waals surface area contributed by atoms with Crippen LogP contribution in [0.5, 0.6) is 5.75 Å². The smallest absolute Gasteiger partial charge is 0.319 e. The number of anilines is 1. The minimum absolute atomic E-state index is 0.0586. The highest BCUT2D eigenvalue weighted by atomic mass is 35.5. The van der Waals surface area contributed by atoms with Gasteiger partial charge in [-0.25, -0.2) is 4.79 Å². The van der Waals surface area contributed by atoms with Gasteiger partial charge in [0.25, 0.3) is 5.91 Å². The van der Waals surface area contributed by atoms with E-state index in [1.165, 1.54) is 0 Å². The molecule has 0 fully saturated rings. The van der Waals surface area contributed by atoms with E-state index >= 15 is 0 Å². The first-order valence-electron chi connectivity index (χ1n) is 12.4. The second kappa shape index (κ2) is 12.8. The molecule has 37 heavy (non-hydrogen) atoms. The van der Waals surface area contributed by atoms with Crippen LogP contribution < -0.4 is 15.4 Å². The Morgan fingerprint density at radius 1 is 1.22 bits per heavy atom. The zero-order chi connectivity index (χ0) is 27.3. The summed E-state index contributed by atoms with van der Waals surface area (Å²) in [4.78, 5) is 29.9. The summed E-state index contributed by atoms with van der Waals surface area (Å²) in [5.41, 5.74) is 1.76. The molecule has 0 bridgehead atoms. The van der Waals surface area contributed by atoms with E-state index in [1.807, 2.05) is 46.9 Å². The van der Waals surface area contributed by atoms with Gasteiger partial charge in [0.15, 0.2) is 5.75 Å². The summed E-state index contributed by atoms with van der Waals surface area (Å²) in [6.07, 6.45) is -0.316. The number of para-hydroxylation sites is 1. The van der Waals surface area contributed by atoms with Crippen LogP contribution >= 0.6 is 23.2 Å². The molecule has 10 heteroatoms. The number of hydrogen-bond acceptors (Lipinski definition) is 5. The highest BCUT2D eigenvalue weighted by molar-refractivity contribution is 6.42. The second-order valence-electron chi connectivity index (χ2n) is 10.0. The number of nitrogens with zero attached hydrogens (tertiary/aromatic N) is 2. The summed E-state index contributed by atoms with van der Waals surface area (Å²) in [5.74, 6) is -0.000126. The van der Waals surface area contributed by atoms with Gasteiger partial charge >= 0.3 is 6.03 Å². The van der Waals surface area contributed by atoms with E-state index in [9.17, 15) is 14.7 Å². The molecule has 3 rings (SSSR count). The molecule has 2 aromatic carbocycles. The number of carbonyl (C=O) groups excluding carboxylic acids is 2. The van der Waals surface area contributed by atoms with E-state index in [2.05, 4.69) is 15.5 Å². The number of rotatable bonds is 8. The quantitative estimate of drug-likeness (QED) is 0.435. The zero-order valence-corrected chi connectivity index (χ0v) is 23.4. The third kappa shape index (κ3) is 7.51. The Morgan fingerprint density at radius 2 is 1.95 bits per heavy atom.